The van der Waals surface area contributed by atoms with Crippen molar-refractivity contribution in [1.29, 1.82) is 0 Å². The maximum absolute atomic E-state index is 11.9. The number of ether oxygens (including phenoxy) is 1. The molecule has 2 amide bonds. The van der Waals surface area contributed by atoms with Crippen molar-refractivity contribution in [2.45, 2.75) is 39.2 Å². The smallest absolute Gasteiger partial charge is 0.313 e. The number of benzene rings is 1. The van der Waals surface area contributed by atoms with Crippen LogP contribution in [-0.4, -0.2) is 31.6 Å². The van der Waals surface area contributed by atoms with Crippen LogP contribution in [0.25, 0.3) is 0 Å². The third kappa shape index (κ3) is 5.95. The van der Waals surface area contributed by atoms with Gasteiger partial charge in [-0.2, -0.15) is 0 Å². The number of hydrogen-bond donors (Lipinski definition) is 2. The lowest BCUT2D eigenvalue weighted by atomic mass is 10.1. The first-order valence-corrected chi connectivity index (χ1v) is 7.24. The summed E-state index contributed by atoms with van der Waals surface area (Å²) < 4.78 is 5.07. The van der Waals surface area contributed by atoms with E-state index in [4.69, 9.17) is 4.74 Å². The number of aryl methyl sites for hydroxylation is 1. The Morgan fingerprint density at radius 2 is 1.95 bits per heavy atom. The number of methoxy groups -OCH3 is 1. The second-order valence-corrected chi connectivity index (χ2v) is 5.04. The van der Waals surface area contributed by atoms with E-state index in [-0.39, 0.29) is 6.04 Å². The van der Waals surface area contributed by atoms with Gasteiger partial charge in [0.2, 0.25) is 0 Å². The van der Waals surface area contributed by atoms with Crippen molar-refractivity contribution in [1.82, 2.24) is 5.32 Å². The van der Waals surface area contributed by atoms with Crippen LogP contribution in [0, 0.1) is 6.92 Å². The zero-order valence-electron chi connectivity index (χ0n) is 12.9. The molecule has 0 heterocycles. The molecule has 0 aliphatic carbocycles. The Labute approximate surface area is 126 Å². The van der Waals surface area contributed by atoms with E-state index in [2.05, 4.69) is 17.6 Å². The number of carbonyl (C=O) groups is 2. The van der Waals surface area contributed by atoms with Crippen LogP contribution in [0.1, 0.15) is 31.7 Å². The highest BCUT2D eigenvalue weighted by atomic mass is 16.5. The number of para-hydroxylation sites is 1. The van der Waals surface area contributed by atoms with Crippen molar-refractivity contribution < 1.29 is 14.3 Å². The Hall–Kier alpha value is -1.88. The van der Waals surface area contributed by atoms with Crippen LogP contribution in [0.2, 0.25) is 0 Å². The quantitative estimate of drug-likeness (QED) is 0.757. The largest absolute Gasteiger partial charge is 0.383 e. The molecule has 5 heteroatoms. The molecule has 0 saturated carbocycles. The summed E-state index contributed by atoms with van der Waals surface area (Å²) in [5.41, 5.74) is 1.56. The van der Waals surface area contributed by atoms with Gasteiger partial charge in [0.1, 0.15) is 0 Å². The Morgan fingerprint density at radius 1 is 1.24 bits per heavy atom. The first-order chi connectivity index (χ1) is 10.1. The number of anilines is 1. The van der Waals surface area contributed by atoms with E-state index >= 15 is 0 Å². The van der Waals surface area contributed by atoms with Crippen LogP contribution in [-0.2, 0) is 14.3 Å². The molecule has 0 fully saturated rings. The molecule has 0 aliphatic heterocycles. The van der Waals surface area contributed by atoms with Crippen LogP contribution in [0.4, 0.5) is 5.69 Å². The summed E-state index contributed by atoms with van der Waals surface area (Å²) >= 11 is 0. The molecule has 1 rings (SSSR count). The molecule has 1 atom stereocenters. The van der Waals surface area contributed by atoms with Gasteiger partial charge in [-0.1, -0.05) is 38.0 Å². The summed E-state index contributed by atoms with van der Waals surface area (Å²) in [6.07, 6.45) is 2.81. The zero-order valence-corrected chi connectivity index (χ0v) is 12.9. The van der Waals surface area contributed by atoms with E-state index in [1.807, 2.05) is 25.1 Å². The van der Waals surface area contributed by atoms with Crippen LogP contribution in [0.15, 0.2) is 24.3 Å². The highest BCUT2D eigenvalue weighted by Gasteiger charge is 2.18. The van der Waals surface area contributed by atoms with E-state index in [1.165, 1.54) is 0 Å². The predicted octanol–water partition coefficient (Wildman–Crippen LogP) is 2.25. The second-order valence-electron chi connectivity index (χ2n) is 5.04. The van der Waals surface area contributed by atoms with E-state index < -0.39 is 11.8 Å². The first kappa shape index (κ1) is 17.2. The summed E-state index contributed by atoms with van der Waals surface area (Å²) in [6.45, 7) is 4.36. The molecule has 2 N–H and O–H groups in total. The molecule has 5 nitrogen and oxygen atoms in total. The highest BCUT2D eigenvalue weighted by Crippen LogP contribution is 2.12. The van der Waals surface area contributed by atoms with E-state index in [9.17, 15) is 9.59 Å². The molecule has 0 radical (unpaired) electrons. The van der Waals surface area contributed by atoms with Crippen LogP contribution in [0.5, 0.6) is 0 Å². The van der Waals surface area contributed by atoms with Gasteiger partial charge >= 0.3 is 11.8 Å². The van der Waals surface area contributed by atoms with E-state index in [1.54, 1.807) is 13.2 Å². The normalized spacial score (nSPS) is 11.8. The number of amides is 2. The van der Waals surface area contributed by atoms with Gasteiger partial charge in [-0.3, -0.25) is 9.59 Å². The van der Waals surface area contributed by atoms with E-state index in [0.29, 0.717) is 12.3 Å². The number of unbranched alkanes of at least 4 members (excludes halogenated alkanes) is 1. The molecule has 0 aromatic heterocycles. The fourth-order valence-electron chi connectivity index (χ4n) is 1.99. The molecule has 1 aromatic rings. The Balaban J connectivity index is 2.56. The lowest BCUT2D eigenvalue weighted by molar-refractivity contribution is -0.136. The van der Waals surface area contributed by atoms with E-state index in [0.717, 1.165) is 24.8 Å². The van der Waals surface area contributed by atoms with Crippen molar-refractivity contribution in [2.24, 2.45) is 0 Å². The molecule has 0 aliphatic rings. The van der Waals surface area contributed by atoms with Crippen LogP contribution < -0.4 is 10.6 Å². The first-order valence-electron chi connectivity index (χ1n) is 7.24. The summed E-state index contributed by atoms with van der Waals surface area (Å²) in [4.78, 5) is 23.8. The summed E-state index contributed by atoms with van der Waals surface area (Å²) in [5.74, 6) is -1.28. The third-order valence-electron chi connectivity index (χ3n) is 3.21. The Morgan fingerprint density at radius 3 is 2.57 bits per heavy atom. The topological polar surface area (TPSA) is 67.4 Å². The number of rotatable bonds is 7. The minimum absolute atomic E-state index is 0.134. The summed E-state index contributed by atoms with van der Waals surface area (Å²) in [5, 5.41) is 5.34. The Bertz CT molecular complexity index is 474. The van der Waals surface area contributed by atoms with Crippen molar-refractivity contribution in [3.05, 3.63) is 29.8 Å². The SMILES string of the molecule is CCCC[C@@H](COC)NC(=O)C(=O)Nc1ccccc1C. The Kier molecular flexibility index (Phi) is 7.46. The predicted molar refractivity (Wildman–Crippen MR) is 83.1 cm³/mol. The van der Waals surface area contributed by atoms with Gasteiger partial charge in [-0.25, -0.2) is 0 Å². The molecule has 0 bridgehead atoms. The minimum Gasteiger partial charge on any atom is -0.383 e. The number of hydrogen-bond acceptors (Lipinski definition) is 3. The molecule has 0 saturated heterocycles. The molecule has 0 spiro atoms. The highest BCUT2D eigenvalue weighted by molar-refractivity contribution is 6.39. The van der Waals surface area contributed by atoms with Gasteiger partial charge in [-0.05, 0) is 25.0 Å². The lowest BCUT2D eigenvalue weighted by Gasteiger charge is -2.17. The average molecular weight is 292 g/mol. The number of carbonyl (C=O) groups excluding carboxylic acids is 2. The molecule has 116 valence electrons. The van der Waals surface area contributed by atoms with Gasteiger partial charge < -0.3 is 15.4 Å². The maximum atomic E-state index is 11.9. The van der Waals surface area contributed by atoms with Crippen molar-refractivity contribution in [3.8, 4) is 0 Å². The van der Waals surface area contributed by atoms with Crippen molar-refractivity contribution in [2.75, 3.05) is 19.0 Å². The fraction of sp³-hybridized carbons (Fsp3) is 0.500. The van der Waals surface area contributed by atoms with Crippen LogP contribution in [0.3, 0.4) is 0 Å². The monoisotopic (exact) mass is 292 g/mol. The summed E-state index contributed by atoms with van der Waals surface area (Å²) in [6, 6.07) is 7.21. The van der Waals surface area contributed by atoms with Gasteiger partial charge in [0, 0.05) is 12.8 Å². The molecule has 21 heavy (non-hydrogen) atoms. The van der Waals surface area contributed by atoms with Gasteiger partial charge in [-0.15, -0.1) is 0 Å². The molecule has 0 unspecified atom stereocenters. The maximum Gasteiger partial charge on any atom is 0.313 e. The van der Waals surface area contributed by atoms with Crippen LogP contribution >= 0.6 is 0 Å². The van der Waals surface area contributed by atoms with Gasteiger partial charge in [0.25, 0.3) is 0 Å². The minimum atomic E-state index is -0.651. The fourth-order valence-corrected chi connectivity index (χ4v) is 1.99. The standard InChI is InChI=1S/C16H24N2O3/c1-4-5-9-13(11-21-3)17-15(19)16(20)18-14-10-7-6-8-12(14)2/h6-8,10,13H,4-5,9,11H2,1-3H3,(H,17,19)(H,18,20)/t13-/m0/s1. The zero-order chi connectivity index (χ0) is 15.7. The van der Waals surface area contributed by atoms with Gasteiger partial charge in [0.15, 0.2) is 0 Å². The lowest BCUT2D eigenvalue weighted by Crippen LogP contribution is -2.43. The summed E-state index contributed by atoms with van der Waals surface area (Å²) in [7, 11) is 1.58. The molecular weight excluding hydrogens is 268 g/mol. The molecule has 1 aromatic carbocycles. The molecular formula is C16H24N2O3. The number of nitrogens with one attached hydrogen (secondary N) is 2. The second kappa shape index (κ2) is 9.13. The van der Waals surface area contributed by atoms with Gasteiger partial charge in [0.05, 0.1) is 12.6 Å². The van der Waals surface area contributed by atoms with Crippen molar-refractivity contribution >= 4 is 17.5 Å². The van der Waals surface area contributed by atoms with Crippen molar-refractivity contribution in [3.63, 3.8) is 0 Å². The third-order valence-corrected chi connectivity index (χ3v) is 3.21. The average Bonchev–Trinajstić information content (AvgIpc) is 2.47.